The van der Waals surface area contributed by atoms with Gasteiger partial charge in [0.05, 0.1) is 24.4 Å². The summed E-state index contributed by atoms with van der Waals surface area (Å²) in [4.78, 5) is 14.3. The number of rotatable bonds is 3. The highest BCUT2D eigenvalue weighted by Crippen LogP contribution is 2.23. The maximum atomic E-state index is 12.1. The zero-order chi connectivity index (χ0) is 14.7. The molecule has 1 heterocycles. The van der Waals surface area contributed by atoms with E-state index in [0.29, 0.717) is 6.54 Å². The second kappa shape index (κ2) is 6.70. The number of hydrogen-bond donors (Lipinski definition) is 1. The summed E-state index contributed by atoms with van der Waals surface area (Å²) in [7, 11) is 0. The molecule has 0 bridgehead atoms. The number of benzene rings is 1. The highest BCUT2D eigenvalue weighted by Gasteiger charge is 2.23. The number of carbonyl (C=O) groups is 1. The van der Waals surface area contributed by atoms with Crippen LogP contribution < -0.4 is 5.32 Å². The SMILES string of the molecule is Cc1ccc(NC(=O)CN2C[C@H](C)O[C@@H](C)C2)c(Br)c1. The summed E-state index contributed by atoms with van der Waals surface area (Å²) in [5.74, 6) is 0.0100. The van der Waals surface area contributed by atoms with Crippen LogP contribution in [-0.4, -0.2) is 42.6 Å². The van der Waals surface area contributed by atoms with Gasteiger partial charge in [-0.1, -0.05) is 6.07 Å². The molecule has 1 saturated heterocycles. The minimum Gasteiger partial charge on any atom is -0.373 e. The number of ether oxygens (including phenoxy) is 1. The molecule has 0 aliphatic carbocycles. The van der Waals surface area contributed by atoms with Gasteiger partial charge in [0.25, 0.3) is 0 Å². The van der Waals surface area contributed by atoms with Gasteiger partial charge in [0.1, 0.15) is 0 Å². The third-order valence-corrected chi connectivity index (χ3v) is 3.92. The number of halogens is 1. The average Bonchev–Trinajstić information content (AvgIpc) is 2.31. The zero-order valence-electron chi connectivity index (χ0n) is 12.1. The van der Waals surface area contributed by atoms with E-state index in [1.807, 2.05) is 39.0 Å². The number of nitrogens with zero attached hydrogens (tertiary/aromatic N) is 1. The second-order valence-corrected chi connectivity index (χ2v) is 6.34. The van der Waals surface area contributed by atoms with Crippen LogP contribution in [0.1, 0.15) is 19.4 Å². The Morgan fingerprint density at radius 3 is 2.65 bits per heavy atom. The van der Waals surface area contributed by atoms with Gasteiger partial charge < -0.3 is 10.1 Å². The van der Waals surface area contributed by atoms with Crippen molar-refractivity contribution >= 4 is 27.5 Å². The van der Waals surface area contributed by atoms with Gasteiger partial charge in [-0.25, -0.2) is 0 Å². The fourth-order valence-electron chi connectivity index (χ4n) is 2.53. The van der Waals surface area contributed by atoms with E-state index >= 15 is 0 Å². The van der Waals surface area contributed by atoms with E-state index in [4.69, 9.17) is 4.74 Å². The van der Waals surface area contributed by atoms with Crippen LogP contribution in [0.5, 0.6) is 0 Å². The van der Waals surface area contributed by atoms with E-state index in [2.05, 4.69) is 26.1 Å². The van der Waals surface area contributed by atoms with Crippen LogP contribution in [-0.2, 0) is 9.53 Å². The standard InChI is InChI=1S/C15H21BrN2O2/c1-10-4-5-14(13(16)6-10)17-15(19)9-18-7-11(2)20-12(3)8-18/h4-6,11-12H,7-9H2,1-3H3,(H,17,19)/t11-,12-/m0/s1. The van der Waals surface area contributed by atoms with Crippen LogP contribution in [0.3, 0.4) is 0 Å². The third-order valence-electron chi connectivity index (χ3n) is 3.26. The predicted octanol–water partition coefficient (Wildman–Crippen LogP) is 2.81. The molecule has 1 aromatic carbocycles. The van der Waals surface area contributed by atoms with Crippen molar-refractivity contribution in [2.45, 2.75) is 33.0 Å². The van der Waals surface area contributed by atoms with Crippen LogP contribution in [0.25, 0.3) is 0 Å². The Bertz CT molecular complexity index is 483. The molecule has 1 amide bonds. The number of carbonyl (C=O) groups excluding carboxylic acids is 1. The molecule has 1 aliphatic heterocycles. The monoisotopic (exact) mass is 340 g/mol. The summed E-state index contributed by atoms with van der Waals surface area (Å²) in [5.41, 5.74) is 1.97. The molecular formula is C15H21BrN2O2. The summed E-state index contributed by atoms with van der Waals surface area (Å²) in [6.45, 7) is 8.10. The predicted molar refractivity (Wildman–Crippen MR) is 84.0 cm³/mol. The summed E-state index contributed by atoms with van der Waals surface area (Å²) in [6, 6.07) is 5.90. The van der Waals surface area contributed by atoms with Crippen molar-refractivity contribution < 1.29 is 9.53 Å². The Morgan fingerprint density at radius 1 is 1.40 bits per heavy atom. The normalized spacial score (nSPS) is 23.6. The lowest BCUT2D eigenvalue weighted by Crippen LogP contribution is -2.48. The first-order chi connectivity index (χ1) is 9.44. The van der Waals surface area contributed by atoms with Crippen molar-refractivity contribution in [2.75, 3.05) is 25.0 Å². The molecule has 5 heteroatoms. The molecule has 1 fully saturated rings. The number of hydrogen-bond acceptors (Lipinski definition) is 3. The Kier molecular flexibility index (Phi) is 5.18. The van der Waals surface area contributed by atoms with Crippen LogP contribution in [0.15, 0.2) is 22.7 Å². The van der Waals surface area contributed by atoms with E-state index in [0.717, 1.165) is 28.8 Å². The fourth-order valence-corrected chi connectivity index (χ4v) is 3.12. The Morgan fingerprint density at radius 2 is 2.05 bits per heavy atom. The lowest BCUT2D eigenvalue weighted by molar-refractivity contribution is -0.121. The third kappa shape index (κ3) is 4.30. The summed E-state index contributed by atoms with van der Waals surface area (Å²) < 4.78 is 6.58. The van der Waals surface area contributed by atoms with Crippen LogP contribution >= 0.6 is 15.9 Å². The number of nitrogens with one attached hydrogen (secondary N) is 1. The highest BCUT2D eigenvalue weighted by atomic mass is 79.9. The van der Waals surface area contributed by atoms with E-state index < -0.39 is 0 Å². The van der Waals surface area contributed by atoms with Gasteiger partial charge in [0, 0.05) is 17.6 Å². The van der Waals surface area contributed by atoms with Gasteiger partial charge in [-0.2, -0.15) is 0 Å². The van der Waals surface area contributed by atoms with Crippen molar-refractivity contribution in [3.63, 3.8) is 0 Å². The lowest BCUT2D eigenvalue weighted by Gasteiger charge is -2.34. The molecule has 0 unspecified atom stereocenters. The number of anilines is 1. The average molecular weight is 341 g/mol. The minimum atomic E-state index is 0.0100. The van der Waals surface area contributed by atoms with E-state index in [-0.39, 0.29) is 18.1 Å². The largest absolute Gasteiger partial charge is 0.373 e. The maximum Gasteiger partial charge on any atom is 0.238 e. The van der Waals surface area contributed by atoms with E-state index in [1.54, 1.807) is 0 Å². The van der Waals surface area contributed by atoms with E-state index in [1.165, 1.54) is 0 Å². The van der Waals surface area contributed by atoms with Gasteiger partial charge in [-0.15, -0.1) is 0 Å². The molecule has 2 rings (SSSR count). The molecule has 0 saturated carbocycles. The molecule has 1 aromatic rings. The lowest BCUT2D eigenvalue weighted by atomic mass is 10.2. The molecule has 0 aromatic heterocycles. The van der Waals surface area contributed by atoms with Crippen LogP contribution in [0.4, 0.5) is 5.69 Å². The zero-order valence-corrected chi connectivity index (χ0v) is 13.7. The molecule has 4 nitrogen and oxygen atoms in total. The number of aryl methyl sites for hydroxylation is 1. The molecular weight excluding hydrogens is 320 g/mol. The maximum absolute atomic E-state index is 12.1. The van der Waals surface area contributed by atoms with Crippen molar-refractivity contribution in [1.29, 1.82) is 0 Å². The van der Waals surface area contributed by atoms with Gasteiger partial charge in [-0.3, -0.25) is 9.69 Å². The summed E-state index contributed by atoms with van der Waals surface area (Å²) >= 11 is 3.47. The first-order valence-electron chi connectivity index (χ1n) is 6.88. The topological polar surface area (TPSA) is 41.6 Å². The Hall–Kier alpha value is -0.910. The first kappa shape index (κ1) is 15.5. The van der Waals surface area contributed by atoms with Crippen molar-refractivity contribution in [2.24, 2.45) is 0 Å². The van der Waals surface area contributed by atoms with Crippen LogP contribution in [0.2, 0.25) is 0 Å². The smallest absolute Gasteiger partial charge is 0.238 e. The van der Waals surface area contributed by atoms with Crippen molar-refractivity contribution in [3.05, 3.63) is 28.2 Å². The molecule has 20 heavy (non-hydrogen) atoms. The minimum absolute atomic E-state index is 0.0100. The number of amides is 1. The van der Waals surface area contributed by atoms with Gasteiger partial charge in [0.2, 0.25) is 5.91 Å². The van der Waals surface area contributed by atoms with Crippen molar-refractivity contribution in [1.82, 2.24) is 4.90 Å². The van der Waals surface area contributed by atoms with Gasteiger partial charge in [-0.05, 0) is 54.4 Å². The van der Waals surface area contributed by atoms with Gasteiger partial charge >= 0.3 is 0 Å². The quantitative estimate of drug-likeness (QED) is 0.919. The Balaban J connectivity index is 1.92. The molecule has 2 atom stereocenters. The molecule has 110 valence electrons. The first-order valence-corrected chi connectivity index (χ1v) is 7.67. The highest BCUT2D eigenvalue weighted by molar-refractivity contribution is 9.10. The molecule has 0 radical (unpaired) electrons. The van der Waals surface area contributed by atoms with Crippen LogP contribution in [0, 0.1) is 6.92 Å². The second-order valence-electron chi connectivity index (χ2n) is 5.48. The summed E-state index contributed by atoms with van der Waals surface area (Å²) in [5, 5.41) is 2.95. The van der Waals surface area contributed by atoms with Gasteiger partial charge in [0.15, 0.2) is 0 Å². The molecule has 0 spiro atoms. The molecule has 1 aliphatic rings. The number of morpholine rings is 1. The fraction of sp³-hybridized carbons (Fsp3) is 0.533. The molecule has 1 N–H and O–H groups in total. The van der Waals surface area contributed by atoms with Crippen molar-refractivity contribution in [3.8, 4) is 0 Å². The Labute approximate surface area is 128 Å². The van der Waals surface area contributed by atoms with E-state index in [9.17, 15) is 4.79 Å². The summed E-state index contributed by atoms with van der Waals surface area (Å²) in [6.07, 6.45) is 0.357.